The van der Waals surface area contributed by atoms with Gasteiger partial charge < -0.3 is 10.1 Å². The molecule has 0 saturated carbocycles. The molecule has 27 heavy (non-hydrogen) atoms. The molecule has 1 amide bonds. The minimum Gasteiger partial charge on any atom is -0.484 e. The lowest BCUT2D eigenvalue weighted by Crippen LogP contribution is -2.20. The van der Waals surface area contributed by atoms with E-state index in [1.807, 2.05) is 24.4 Å². The zero-order valence-corrected chi connectivity index (χ0v) is 15.0. The van der Waals surface area contributed by atoms with Crippen LogP contribution in [0.2, 0.25) is 0 Å². The van der Waals surface area contributed by atoms with E-state index >= 15 is 0 Å². The van der Waals surface area contributed by atoms with Crippen LogP contribution < -0.4 is 10.1 Å². The van der Waals surface area contributed by atoms with Gasteiger partial charge in [0, 0.05) is 16.6 Å². The molecule has 140 valence electrons. The van der Waals surface area contributed by atoms with Gasteiger partial charge in [0.1, 0.15) is 5.75 Å². The van der Waals surface area contributed by atoms with Crippen LogP contribution in [-0.2, 0) is 11.0 Å². The largest absolute Gasteiger partial charge is 0.484 e. The van der Waals surface area contributed by atoms with Gasteiger partial charge >= 0.3 is 6.18 Å². The zero-order valence-electron chi connectivity index (χ0n) is 14.2. The molecule has 2 aromatic carbocycles. The summed E-state index contributed by atoms with van der Waals surface area (Å²) in [6.45, 7) is 1.53. The molecule has 0 fully saturated rings. The maximum atomic E-state index is 12.7. The van der Waals surface area contributed by atoms with Crippen LogP contribution in [0.4, 0.5) is 18.9 Å². The van der Waals surface area contributed by atoms with Gasteiger partial charge in [-0.1, -0.05) is 18.2 Å². The zero-order chi connectivity index (χ0) is 19.4. The average Bonchev–Trinajstić information content (AvgIpc) is 3.07. The lowest BCUT2D eigenvalue weighted by Gasteiger charge is -2.10. The molecule has 4 nitrogen and oxygen atoms in total. The van der Waals surface area contributed by atoms with Gasteiger partial charge in [-0.05, 0) is 37.3 Å². The van der Waals surface area contributed by atoms with Crippen molar-refractivity contribution in [2.24, 2.45) is 0 Å². The number of carbonyl (C=O) groups excluding carboxylic acids is 1. The Morgan fingerprint density at radius 3 is 2.56 bits per heavy atom. The van der Waals surface area contributed by atoms with E-state index in [4.69, 9.17) is 4.74 Å². The van der Waals surface area contributed by atoms with E-state index < -0.39 is 24.3 Å². The number of benzene rings is 2. The number of nitrogens with zero attached hydrogens (tertiary/aromatic N) is 1. The fraction of sp³-hybridized carbons (Fsp3) is 0.158. The van der Waals surface area contributed by atoms with Crippen molar-refractivity contribution >= 4 is 22.9 Å². The predicted molar refractivity (Wildman–Crippen MR) is 97.9 cm³/mol. The maximum Gasteiger partial charge on any atom is 0.416 e. The van der Waals surface area contributed by atoms with Crippen molar-refractivity contribution in [3.63, 3.8) is 0 Å². The summed E-state index contributed by atoms with van der Waals surface area (Å²) in [7, 11) is 0. The topological polar surface area (TPSA) is 51.2 Å². The van der Waals surface area contributed by atoms with Gasteiger partial charge in [-0.2, -0.15) is 13.2 Å². The van der Waals surface area contributed by atoms with Gasteiger partial charge in [-0.15, -0.1) is 11.3 Å². The van der Waals surface area contributed by atoms with Crippen molar-refractivity contribution in [2.75, 3.05) is 11.9 Å². The highest BCUT2D eigenvalue weighted by Gasteiger charge is 2.30. The number of halogens is 3. The molecular formula is C19H15F3N2O2S. The Kier molecular flexibility index (Phi) is 5.46. The van der Waals surface area contributed by atoms with E-state index in [-0.39, 0.29) is 5.75 Å². The average molecular weight is 392 g/mol. The van der Waals surface area contributed by atoms with Crippen molar-refractivity contribution in [3.8, 4) is 17.0 Å². The van der Waals surface area contributed by atoms with E-state index in [0.717, 1.165) is 28.4 Å². The van der Waals surface area contributed by atoms with Gasteiger partial charge in [0.2, 0.25) is 0 Å². The number of aryl methyl sites for hydroxylation is 1. The lowest BCUT2D eigenvalue weighted by molar-refractivity contribution is -0.137. The van der Waals surface area contributed by atoms with Gasteiger partial charge in [0.15, 0.2) is 6.61 Å². The lowest BCUT2D eigenvalue weighted by atomic mass is 10.1. The van der Waals surface area contributed by atoms with Crippen molar-refractivity contribution in [3.05, 3.63) is 64.5 Å². The summed E-state index contributed by atoms with van der Waals surface area (Å²) in [5.41, 5.74) is 1.53. The summed E-state index contributed by atoms with van der Waals surface area (Å²) in [5, 5.41) is 5.55. The number of amides is 1. The summed E-state index contributed by atoms with van der Waals surface area (Å²) >= 11 is 1.55. The Hall–Kier alpha value is -2.87. The third kappa shape index (κ3) is 5.07. The highest BCUT2D eigenvalue weighted by molar-refractivity contribution is 7.09. The number of aromatic nitrogens is 1. The summed E-state index contributed by atoms with van der Waals surface area (Å²) in [6.07, 6.45) is -4.46. The Morgan fingerprint density at radius 1 is 1.19 bits per heavy atom. The van der Waals surface area contributed by atoms with Crippen LogP contribution in [-0.4, -0.2) is 17.5 Å². The Balaban J connectivity index is 1.57. The maximum absolute atomic E-state index is 12.7. The van der Waals surface area contributed by atoms with Gasteiger partial charge in [-0.3, -0.25) is 4.79 Å². The SMILES string of the molecule is Cc1nc(-c2ccc(NC(=O)COc3cccc(C(F)(F)F)c3)cc2)cs1. The first-order valence-corrected chi connectivity index (χ1v) is 8.82. The molecule has 0 bridgehead atoms. The van der Waals surface area contributed by atoms with Crippen molar-refractivity contribution in [1.82, 2.24) is 4.98 Å². The quantitative estimate of drug-likeness (QED) is 0.653. The van der Waals surface area contributed by atoms with Crippen molar-refractivity contribution in [1.29, 1.82) is 0 Å². The Morgan fingerprint density at radius 2 is 1.93 bits per heavy atom. The monoisotopic (exact) mass is 392 g/mol. The first-order valence-electron chi connectivity index (χ1n) is 7.94. The molecule has 0 saturated heterocycles. The summed E-state index contributed by atoms with van der Waals surface area (Å²) < 4.78 is 43.2. The second-order valence-corrected chi connectivity index (χ2v) is 6.75. The highest BCUT2D eigenvalue weighted by Crippen LogP contribution is 2.31. The fourth-order valence-electron chi connectivity index (χ4n) is 2.33. The molecule has 1 N–H and O–H groups in total. The van der Waals surface area contributed by atoms with Gasteiger partial charge in [0.25, 0.3) is 5.91 Å². The number of carbonyl (C=O) groups is 1. The van der Waals surface area contributed by atoms with E-state index in [1.165, 1.54) is 12.1 Å². The standard InChI is InChI=1S/C19H15F3N2O2S/c1-12-23-17(11-27-12)13-5-7-15(8-6-13)24-18(25)10-26-16-4-2-3-14(9-16)19(20,21)22/h2-9,11H,10H2,1H3,(H,24,25). The smallest absolute Gasteiger partial charge is 0.416 e. The first-order chi connectivity index (χ1) is 12.8. The van der Waals surface area contributed by atoms with Crippen LogP contribution in [0.25, 0.3) is 11.3 Å². The third-order valence-corrected chi connectivity index (χ3v) is 4.39. The molecule has 0 aliphatic carbocycles. The summed E-state index contributed by atoms with van der Waals surface area (Å²) in [5.74, 6) is -0.487. The number of anilines is 1. The summed E-state index contributed by atoms with van der Waals surface area (Å²) in [6, 6.07) is 11.5. The van der Waals surface area contributed by atoms with E-state index in [9.17, 15) is 18.0 Å². The molecule has 0 atom stereocenters. The molecule has 1 heterocycles. The number of thiazole rings is 1. The molecule has 0 radical (unpaired) electrons. The number of alkyl halides is 3. The normalized spacial score (nSPS) is 11.3. The van der Waals surface area contributed by atoms with Crippen molar-refractivity contribution in [2.45, 2.75) is 13.1 Å². The number of ether oxygens (including phenoxy) is 1. The number of hydrogen-bond acceptors (Lipinski definition) is 4. The Bertz CT molecular complexity index is 937. The molecular weight excluding hydrogens is 377 g/mol. The van der Waals surface area contributed by atoms with Crippen LogP contribution >= 0.6 is 11.3 Å². The van der Waals surface area contributed by atoms with Gasteiger partial charge in [0.05, 0.1) is 16.3 Å². The molecule has 8 heteroatoms. The minimum absolute atomic E-state index is 0.0192. The molecule has 0 unspecified atom stereocenters. The predicted octanol–water partition coefficient (Wildman–Crippen LogP) is 5.15. The second kappa shape index (κ2) is 7.79. The molecule has 0 aliphatic rings. The van der Waals surface area contributed by atoms with Crippen LogP contribution in [0.15, 0.2) is 53.9 Å². The van der Waals surface area contributed by atoms with E-state index in [1.54, 1.807) is 23.5 Å². The molecule has 3 aromatic rings. The van der Waals surface area contributed by atoms with Crippen LogP contribution in [0, 0.1) is 6.92 Å². The van der Waals surface area contributed by atoms with Crippen LogP contribution in [0.3, 0.4) is 0 Å². The third-order valence-electron chi connectivity index (χ3n) is 3.61. The van der Waals surface area contributed by atoms with Crippen molar-refractivity contribution < 1.29 is 22.7 Å². The van der Waals surface area contributed by atoms with Gasteiger partial charge in [-0.25, -0.2) is 4.98 Å². The fourth-order valence-corrected chi connectivity index (χ4v) is 2.95. The van der Waals surface area contributed by atoms with Crippen LogP contribution in [0.5, 0.6) is 5.75 Å². The summed E-state index contributed by atoms with van der Waals surface area (Å²) in [4.78, 5) is 16.3. The highest BCUT2D eigenvalue weighted by atomic mass is 32.1. The second-order valence-electron chi connectivity index (χ2n) is 5.69. The van der Waals surface area contributed by atoms with E-state index in [2.05, 4.69) is 10.3 Å². The number of nitrogens with one attached hydrogen (secondary N) is 1. The molecule has 0 aliphatic heterocycles. The number of hydrogen-bond donors (Lipinski definition) is 1. The minimum atomic E-state index is -4.46. The van der Waals surface area contributed by atoms with E-state index in [0.29, 0.717) is 5.69 Å². The molecule has 1 aromatic heterocycles. The number of rotatable bonds is 5. The van der Waals surface area contributed by atoms with Crippen LogP contribution in [0.1, 0.15) is 10.6 Å². The molecule has 3 rings (SSSR count). The molecule has 0 spiro atoms. The first kappa shape index (κ1) is 18.9. The Labute approximate surface area is 157 Å².